The van der Waals surface area contributed by atoms with Crippen molar-refractivity contribution in [1.29, 1.82) is 0 Å². The van der Waals surface area contributed by atoms with Crippen molar-refractivity contribution in [1.82, 2.24) is 4.90 Å². The van der Waals surface area contributed by atoms with E-state index in [0.717, 1.165) is 32.1 Å². The van der Waals surface area contributed by atoms with Gasteiger partial charge in [-0.2, -0.15) is 0 Å². The molecule has 168 valence electrons. The number of likely N-dealkylation sites (tertiary alicyclic amines) is 1. The highest BCUT2D eigenvalue weighted by molar-refractivity contribution is 7.92. The van der Waals surface area contributed by atoms with Gasteiger partial charge in [0.25, 0.3) is 5.91 Å². The fraction of sp³-hybridized carbons (Fsp3) is 0.619. The zero-order chi connectivity index (χ0) is 22.1. The number of anilines is 1. The molecule has 30 heavy (non-hydrogen) atoms. The number of ether oxygens (including phenoxy) is 2. The summed E-state index contributed by atoms with van der Waals surface area (Å²) < 4.78 is 35.0. The Morgan fingerprint density at radius 1 is 1.03 bits per heavy atom. The first kappa shape index (κ1) is 24.0. The van der Waals surface area contributed by atoms with Crippen molar-refractivity contribution in [2.24, 2.45) is 0 Å². The van der Waals surface area contributed by atoms with E-state index in [9.17, 15) is 18.0 Å². The maximum absolute atomic E-state index is 13.1. The van der Waals surface area contributed by atoms with Crippen molar-refractivity contribution < 1.29 is 27.5 Å². The molecule has 0 aromatic heterocycles. The molecule has 0 radical (unpaired) electrons. The molecule has 0 aliphatic carbocycles. The maximum Gasteiger partial charge on any atom is 0.256 e. The molecule has 2 amide bonds. The molecule has 1 heterocycles. The Bertz CT molecular complexity index is 847. The number of nitrogens with one attached hydrogen (secondary N) is 1. The smallest absolute Gasteiger partial charge is 0.256 e. The summed E-state index contributed by atoms with van der Waals surface area (Å²) >= 11 is 0. The number of hydrogen-bond donors (Lipinski definition) is 1. The van der Waals surface area contributed by atoms with Gasteiger partial charge >= 0.3 is 0 Å². The average molecular weight is 441 g/mol. The fourth-order valence-electron chi connectivity index (χ4n) is 3.46. The van der Waals surface area contributed by atoms with Crippen molar-refractivity contribution in [3.05, 3.63) is 17.7 Å². The number of nitrogens with zero attached hydrogens (tertiary/aromatic N) is 1. The number of rotatable bonds is 10. The second-order valence-electron chi connectivity index (χ2n) is 7.45. The SMILES string of the molecule is CCCCCS(=O)(=O)CC(=O)Nc1cc(OC)c(OC)cc1C(=O)N1CCCCC1. The first-order valence-electron chi connectivity index (χ1n) is 10.4. The molecule has 0 saturated carbocycles. The first-order valence-corrected chi connectivity index (χ1v) is 12.2. The Kier molecular flexibility index (Phi) is 8.95. The van der Waals surface area contributed by atoms with Crippen molar-refractivity contribution in [3.8, 4) is 11.5 Å². The van der Waals surface area contributed by atoms with Gasteiger partial charge in [-0.1, -0.05) is 19.8 Å². The number of sulfone groups is 1. The summed E-state index contributed by atoms with van der Waals surface area (Å²) in [5.41, 5.74) is 0.475. The quantitative estimate of drug-likeness (QED) is 0.561. The van der Waals surface area contributed by atoms with E-state index in [1.54, 1.807) is 4.90 Å². The Morgan fingerprint density at radius 2 is 1.67 bits per heavy atom. The lowest BCUT2D eigenvalue weighted by molar-refractivity contribution is -0.113. The predicted octanol–water partition coefficient (Wildman–Crippen LogP) is 2.87. The van der Waals surface area contributed by atoms with Crippen LogP contribution in [-0.4, -0.2) is 63.9 Å². The minimum Gasteiger partial charge on any atom is -0.493 e. The Morgan fingerprint density at radius 3 is 2.27 bits per heavy atom. The molecule has 2 rings (SSSR count). The molecule has 9 heteroatoms. The van der Waals surface area contributed by atoms with E-state index in [1.807, 2.05) is 6.92 Å². The molecule has 1 aromatic carbocycles. The van der Waals surface area contributed by atoms with Crippen LogP contribution in [0.4, 0.5) is 5.69 Å². The van der Waals surface area contributed by atoms with Crippen LogP contribution in [0.2, 0.25) is 0 Å². The van der Waals surface area contributed by atoms with E-state index in [2.05, 4.69) is 5.32 Å². The van der Waals surface area contributed by atoms with Crippen molar-refractivity contribution in [2.75, 3.05) is 44.1 Å². The summed E-state index contributed by atoms with van der Waals surface area (Å²) in [7, 11) is -0.600. The lowest BCUT2D eigenvalue weighted by atomic mass is 10.1. The van der Waals surface area contributed by atoms with E-state index in [0.29, 0.717) is 31.0 Å². The highest BCUT2D eigenvalue weighted by Gasteiger charge is 2.25. The predicted molar refractivity (Wildman–Crippen MR) is 116 cm³/mol. The van der Waals surface area contributed by atoms with Crippen LogP contribution in [0.3, 0.4) is 0 Å². The van der Waals surface area contributed by atoms with Gasteiger partial charge < -0.3 is 19.7 Å². The fourth-order valence-corrected chi connectivity index (χ4v) is 4.72. The highest BCUT2D eigenvalue weighted by Crippen LogP contribution is 2.34. The normalized spacial score (nSPS) is 14.3. The summed E-state index contributed by atoms with van der Waals surface area (Å²) in [6, 6.07) is 3.03. The van der Waals surface area contributed by atoms with E-state index in [1.165, 1.54) is 26.4 Å². The van der Waals surface area contributed by atoms with Gasteiger partial charge in [0, 0.05) is 19.2 Å². The van der Waals surface area contributed by atoms with Crippen LogP contribution in [0, 0.1) is 0 Å². The van der Waals surface area contributed by atoms with Gasteiger partial charge in [-0.25, -0.2) is 8.42 Å². The molecule has 0 bridgehead atoms. The monoisotopic (exact) mass is 440 g/mol. The van der Waals surface area contributed by atoms with Gasteiger partial charge in [0.2, 0.25) is 5.91 Å². The largest absolute Gasteiger partial charge is 0.493 e. The van der Waals surface area contributed by atoms with E-state index in [-0.39, 0.29) is 22.9 Å². The van der Waals surface area contributed by atoms with Crippen molar-refractivity contribution in [2.45, 2.75) is 45.4 Å². The lowest BCUT2D eigenvalue weighted by Gasteiger charge is -2.28. The second-order valence-corrected chi connectivity index (χ2v) is 9.64. The standard InChI is InChI=1S/C21H32N2O6S/c1-4-5-9-12-30(26,27)15-20(24)22-17-14-19(29-3)18(28-2)13-16(17)21(25)23-10-7-6-8-11-23/h13-14H,4-12,15H2,1-3H3,(H,22,24). The van der Waals surface area contributed by atoms with Crippen LogP contribution in [0.5, 0.6) is 11.5 Å². The van der Waals surface area contributed by atoms with Crippen LogP contribution in [-0.2, 0) is 14.6 Å². The summed E-state index contributed by atoms with van der Waals surface area (Å²) in [5, 5.41) is 2.60. The molecule has 1 N–H and O–H groups in total. The summed E-state index contributed by atoms with van der Waals surface area (Å²) in [6.45, 7) is 3.27. The number of amides is 2. The molecule has 0 spiro atoms. The van der Waals surface area contributed by atoms with Crippen LogP contribution in [0.15, 0.2) is 12.1 Å². The van der Waals surface area contributed by atoms with Crippen molar-refractivity contribution >= 4 is 27.3 Å². The lowest BCUT2D eigenvalue weighted by Crippen LogP contribution is -2.36. The third-order valence-corrected chi connectivity index (χ3v) is 6.69. The molecule has 0 atom stereocenters. The summed E-state index contributed by atoms with van der Waals surface area (Å²) in [5.74, 6) is -0.845. The zero-order valence-electron chi connectivity index (χ0n) is 18.0. The molecule has 1 aromatic rings. The molecule has 1 aliphatic heterocycles. The summed E-state index contributed by atoms with van der Waals surface area (Å²) in [6.07, 6.45) is 5.16. The Labute approximate surface area is 178 Å². The van der Waals surface area contributed by atoms with Crippen molar-refractivity contribution in [3.63, 3.8) is 0 Å². The minimum atomic E-state index is -3.52. The third kappa shape index (κ3) is 6.62. The number of carbonyl (C=O) groups excluding carboxylic acids is 2. The molecule has 1 fully saturated rings. The molecule has 1 saturated heterocycles. The molecule has 0 unspecified atom stereocenters. The number of piperidine rings is 1. The Hall–Kier alpha value is -2.29. The van der Waals surface area contributed by atoms with Gasteiger partial charge in [-0.05, 0) is 31.7 Å². The van der Waals surface area contributed by atoms with Gasteiger partial charge in [-0.3, -0.25) is 9.59 Å². The molecule has 8 nitrogen and oxygen atoms in total. The highest BCUT2D eigenvalue weighted by atomic mass is 32.2. The third-order valence-electron chi connectivity index (χ3n) is 5.08. The van der Waals surface area contributed by atoms with Crippen LogP contribution in [0.1, 0.15) is 55.8 Å². The summed E-state index contributed by atoms with van der Waals surface area (Å²) in [4.78, 5) is 27.3. The molecule has 1 aliphatic rings. The zero-order valence-corrected chi connectivity index (χ0v) is 18.8. The van der Waals surface area contributed by atoms with E-state index < -0.39 is 21.5 Å². The number of methoxy groups -OCH3 is 2. The van der Waals surface area contributed by atoms with Crippen LogP contribution in [0.25, 0.3) is 0 Å². The van der Waals surface area contributed by atoms with Gasteiger partial charge in [0.15, 0.2) is 21.3 Å². The van der Waals surface area contributed by atoms with E-state index in [4.69, 9.17) is 9.47 Å². The topological polar surface area (TPSA) is 102 Å². The number of hydrogen-bond acceptors (Lipinski definition) is 6. The Balaban J connectivity index is 2.26. The van der Waals surface area contributed by atoms with E-state index >= 15 is 0 Å². The van der Waals surface area contributed by atoms with Crippen LogP contribution < -0.4 is 14.8 Å². The maximum atomic E-state index is 13.1. The van der Waals surface area contributed by atoms with Crippen LogP contribution >= 0.6 is 0 Å². The van der Waals surface area contributed by atoms with Gasteiger partial charge in [-0.15, -0.1) is 0 Å². The average Bonchev–Trinajstić information content (AvgIpc) is 2.73. The number of unbranched alkanes of at least 4 members (excludes halogenated alkanes) is 2. The second kappa shape index (κ2) is 11.2. The first-order chi connectivity index (χ1) is 14.3. The molecular weight excluding hydrogens is 408 g/mol. The number of benzene rings is 1. The van der Waals surface area contributed by atoms with Gasteiger partial charge in [0.1, 0.15) is 5.75 Å². The minimum absolute atomic E-state index is 0.0280. The number of carbonyl (C=O) groups is 2. The van der Waals surface area contributed by atoms with Gasteiger partial charge in [0.05, 0.1) is 31.2 Å². The molecular formula is C21H32N2O6S.